The molecule has 0 aliphatic carbocycles. The van der Waals surface area contributed by atoms with Gasteiger partial charge in [0, 0.05) is 24.0 Å². The average Bonchev–Trinajstić information content (AvgIpc) is 3.19. The molecule has 0 spiro atoms. The summed E-state index contributed by atoms with van der Waals surface area (Å²) in [7, 11) is 0. The lowest BCUT2D eigenvalue weighted by atomic mass is 9.99. The Hall–Kier alpha value is -1.60. The molecular formula is C13H12BrN3O3. The van der Waals surface area contributed by atoms with E-state index in [1.165, 1.54) is 0 Å². The molecule has 0 fully saturated rings. The van der Waals surface area contributed by atoms with Gasteiger partial charge in [-0.3, -0.25) is 0 Å². The summed E-state index contributed by atoms with van der Waals surface area (Å²) >= 11 is 3.62. The van der Waals surface area contributed by atoms with Gasteiger partial charge >= 0.3 is 0 Å². The zero-order valence-electron chi connectivity index (χ0n) is 10.6. The molecule has 0 bridgehead atoms. The molecule has 2 N–H and O–H groups in total. The zero-order valence-corrected chi connectivity index (χ0v) is 12.2. The summed E-state index contributed by atoms with van der Waals surface area (Å²) in [5.41, 5.74) is 8.60. The number of nitrogens with two attached hydrogens (primary N) is 1. The van der Waals surface area contributed by atoms with Crippen molar-refractivity contribution in [3.63, 3.8) is 0 Å². The van der Waals surface area contributed by atoms with Gasteiger partial charge in [-0.05, 0) is 15.9 Å². The summed E-state index contributed by atoms with van der Waals surface area (Å²) in [5, 5.41) is 4.02. The predicted molar refractivity (Wildman–Crippen MR) is 73.7 cm³/mol. The first-order valence-corrected chi connectivity index (χ1v) is 7.24. The Morgan fingerprint density at radius 1 is 1.10 bits per heavy atom. The normalized spacial score (nSPS) is 15.7. The second kappa shape index (κ2) is 4.46. The van der Waals surface area contributed by atoms with Crippen molar-refractivity contribution >= 4 is 15.9 Å². The molecule has 0 radical (unpaired) electrons. The van der Waals surface area contributed by atoms with Crippen LogP contribution in [0.15, 0.2) is 9.00 Å². The smallest absolute Gasteiger partial charge is 0.240 e. The molecule has 3 heterocycles. The van der Waals surface area contributed by atoms with Crippen LogP contribution in [-0.4, -0.2) is 23.4 Å². The van der Waals surface area contributed by atoms with Crippen LogP contribution in [0.5, 0.6) is 11.5 Å². The molecule has 7 heteroatoms. The van der Waals surface area contributed by atoms with Crippen LogP contribution in [0.4, 0.5) is 0 Å². The van der Waals surface area contributed by atoms with E-state index in [1.807, 2.05) is 0 Å². The molecule has 4 rings (SSSR count). The number of hydrogen-bond donors (Lipinski definition) is 1. The Labute approximate surface area is 123 Å². The molecule has 104 valence electrons. The number of ether oxygens (including phenoxy) is 2. The molecule has 2 aliphatic rings. The minimum Gasteiger partial charge on any atom is -0.492 e. The van der Waals surface area contributed by atoms with Crippen LogP contribution in [0, 0.1) is 0 Å². The van der Waals surface area contributed by atoms with E-state index in [-0.39, 0.29) is 6.54 Å². The minimum atomic E-state index is 0.227. The van der Waals surface area contributed by atoms with E-state index in [0.29, 0.717) is 24.9 Å². The van der Waals surface area contributed by atoms with E-state index in [2.05, 4.69) is 26.1 Å². The van der Waals surface area contributed by atoms with E-state index in [4.69, 9.17) is 19.7 Å². The topological polar surface area (TPSA) is 83.4 Å². The summed E-state index contributed by atoms with van der Waals surface area (Å²) < 4.78 is 17.6. The number of benzene rings is 1. The second-order valence-corrected chi connectivity index (χ2v) is 5.51. The highest BCUT2D eigenvalue weighted by Gasteiger charge is 2.33. The highest BCUT2D eigenvalue weighted by Crippen LogP contribution is 2.50. The van der Waals surface area contributed by atoms with Crippen molar-refractivity contribution in [3.8, 4) is 22.9 Å². The van der Waals surface area contributed by atoms with Gasteiger partial charge in [0.25, 0.3) is 0 Å². The molecule has 1 aromatic carbocycles. The molecule has 0 saturated carbocycles. The molecule has 0 saturated heterocycles. The van der Waals surface area contributed by atoms with Crippen LogP contribution in [0.1, 0.15) is 17.0 Å². The van der Waals surface area contributed by atoms with Crippen LogP contribution in [0.2, 0.25) is 0 Å². The van der Waals surface area contributed by atoms with Gasteiger partial charge in [0.05, 0.1) is 29.8 Å². The van der Waals surface area contributed by atoms with Gasteiger partial charge in [0.1, 0.15) is 11.5 Å². The van der Waals surface area contributed by atoms with Crippen molar-refractivity contribution < 1.29 is 14.0 Å². The largest absolute Gasteiger partial charge is 0.492 e. The van der Waals surface area contributed by atoms with Gasteiger partial charge in [-0.15, -0.1) is 0 Å². The molecule has 0 atom stereocenters. The predicted octanol–water partition coefficient (Wildman–Crippen LogP) is 1.83. The number of halogens is 1. The van der Waals surface area contributed by atoms with Crippen LogP contribution < -0.4 is 15.2 Å². The molecule has 1 aromatic heterocycles. The number of rotatable bonds is 2. The van der Waals surface area contributed by atoms with Gasteiger partial charge in [-0.25, -0.2) is 0 Å². The SMILES string of the molecule is NCc1nc(-c2c3c(c(Br)c4c2OCC4)OCC3)no1. The van der Waals surface area contributed by atoms with Crippen LogP contribution >= 0.6 is 15.9 Å². The van der Waals surface area contributed by atoms with E-state index >= 15 is 0 Å². The molecule has 6 nitrogen and oxygen atoms in total. The van der Waals surface area contributed by atoms with Gasteiger partial charge in [-0.1, -0.05) is 5.16 Å². The Kier molecular flexibility index (Phi) is 2.71. The van der Waals surface area contributed by atoms with Crippen LogP contribution in [0.25, 0.3) is 11.4 Å². The molecule has 2 aliphatic heterocycles. The third-order valence-electron chi connectivity index (χ3n) is 3.60. The van der Waals surface area contributed by atoms with Crippen molar-refractivity contribution in [2.75, 3.05) is 13.2 Å². The number of hydrogen-bond acceptors (Lipinski definition) is 6. The number of aromatic nitrogens is 2. The molecular weight excluding hydrogens is 326 g/mol. The van der Waals surface area contributed by atoms with Gasteiger partial charge < -0.3 is 19.7 Å². The fourth-order valence-electron chi connectivity index (χ4n) is 2.73. The lowest BCUT2D eigenvalue weighted by Crippen LogP contribution is -1.97. The van der Waals surface area contributed by atoms with E-state index in [0.717, 1.165) is 45.5 Å². The Balaban J connectivity index is 1.99. The van der Waals surface area contributed by atoms with Crippen molar-refractivity contribution in [3.05, 3.63) is 21.5 Å². The lowest BCUT2D eigenvalue weighted by Gasteiger charge is -2.12. The maximum atomic E-state index is 5.79. The summed E-state index contributed by atoms with van der Waals surface area (Å²) in [6, 6.07) is 0. The zero-order chi connectivity index (χ0) is 13.7. The van der Waals surface area contributed by atoms with E-state index < -0.39 is 0 Å². The maximum Gasteiger partial charge on any atom is 0.240 e. The first-order chi connectivity index (χ1) is 9.79. The quantitative estimate of drug-likeness (QED) is 0.899. The average molecular weight is 338 g/mol. The third kappa shape index (κ3) is 1.59. The van der Waals surface area contributed by atoms with Crippen molar-refractivity contribution in [2.45, 2.75) is 19.4 Å². The second-order valence-electron chi connectivity index (χ2n) is 4.72. The van der Waals surface area contributed by atoms with E-state index in [1.54, 1.807) is 0 Å². The Morgan fingerprint density at radius 2 is 1.85 bits per heavy atom. The molecule has 20 heavy (non-hydrogen) atoms. The Bertz CT molecular complexity index is 663. The van der Waals surface area contributed by atoms with Gasteiger partial charge in [0.15, 0.2) is 0 Å². The number of fused-ring (bicyclic) bond motifs is 2. The van der Waals surface area contributed by atoms with Crippen molar-refractivity contribution in [1.82, 2.24) is 10.1 Å². The fraction of sp³-hybridized carbons (Fsp3) is 0.385. The summed E-state index contributed by atoms with van der Waals surface area (Å²) in [4.78, 5) is 4.33. The van der Waals surface area contributed by atoms with Gasteiger partial charge in [-0.2, -0.15) is 4.98 Å². The highest BCUT2D eigenvalue weighted by atomic mass is 79.9. The molecule has 0 unspecified atom stereocenters. The standard InChI is InChI=1S/C13H12BrN3O3/c14-10-7-2-4-18-11(7)9(6-1-3-19-12(6)10)13-16-8(5-15)20-17-13/h1-5,15H2. The van der Waals surface area contributed by atoms with Crippen molar-refractivity contribution in [2.24, 2.45) is 5.73 Å². The van der Waals surface area contributed by atoms with E-state index in [9.17, 15) is 0 Å². The summed E-state index contributed by atoms with van der Waals surface area (Å²) in [6.07, 6.45) is 1.66. The maximum absolute atomic E-state index is 5.79. The van der Waals surface area contributed by atoms with Gasteiger partial charge in [0.2, 0.25) is 11.7 Å². The fourth-order valence-corrected chi connectivity index (χ4v) is 3.46. The first kappa shape index (κ1) is 12.2. The van der Waals surface area contributed by atoms with Crippen LogP contribution in [0.3, 0.4) is 0 Å². The minimum absolute atomic E-state index is 0.227. The monoisotopic (exact) mass is 337 g/mol. The highest BCUT2D eigenvalue weighted by molar-refractivity contribution is 9.10. The summed E-state index contributed by atoms with van der Waals surface area (Å²) in [6.45, 7) is 1.54. The summed E-state index contributed by atoms with van der Waals surface area (Å²) in [5.74, 6) is 2.66. The molecule has 2 aromatic rings. The number of nitrogens with zero attached hydrogens (tertiary/aromatic N) is 2. The van der Waals surface area contributed by atoms with Crippen LogP contribution in [-0.2, 0) is 19.4 Å². The lowest BCUT2D eigenvalue weighted by molar-refractivity contribution is 0.354. The molecule has 0 amide bonds. The van der Waals surface area contributed by atoms with Crippen molar-refractivity contribution in [1.29, 1.82) is 0 Å². The first-order valence-electron chi connectivity index (χ1n) is 6.45. The Morgan fingerprint density at radius 3 is 2.60 bits per heavy atom. The third-order valence-corrected chi connectivity index (χ3v) is 4.44.